The molecule has 1 unspecified atom stereocenters. The molecule has 146 valence electrons. The van der Waals surface area contributed by atoms with Crippen molar-refractivity contribution < 1.29 is 19.4 Å². The Balaban J connectivity index is 2.26. The second-order valence-electron chi connectivity index (χ2n) is 6.42. The van der Waals surface area contributed by atoms with E-state index in [1.54, 1.807) is 19.2 Å². The van der Waals surface area contributed by atoms with E-state index < -0.39 is 12.0 Å². The Morgan fingerprint density at radius 3 is 2.63 bits per heavy atom. The molecule has 0 bridgehead atoms. The molecule has 2 rings (SSSR count). The number of aliphatic carboxylic acids is 1. The van der Waals surface area contributed by atoms with Gasteiger partial charge in [-0.15, -0.1) is 0 Å². The molecule has 0 aliphatic rings. The van der Waals surface area contributed by atoms with Crippen LogP contribution in [0.5, 0.6) is 11.5 Å². The van der Waals surface area contributed by atoms with Crippen molar-refractivity contribution in [3.63, 3.8) is 0 Å². The molecule has 2 aromatic carbocycles. The zero-order valence-corrected chi connectivity index (χ0v) is 17.8. The molecule has 0 saturated heterocycles. The fraction of sp³-hybridized carbons (Fsp3) is 0.350. The van der Waals surface area contributed by atoms with Gasteiger partial charge in [-0.2, -0.15) is 0 Å². The van der Waals surface area contributed by atoms with Gasteiger partial charge < -0.3 is 14.6 Å². The van der Waals surface area contributed by atoms with E-state index in [0.717, 1.165) is 15.6 Å². The smallest absolute Gasteiger partial charge is 0.320 e. The second-order valence-corrected chi connectivity index (χ2v) is 7.71. The Kier molecular flexibility index (Phi) is 7.95. The third-order valence-corrected chi connectivity index (χ3v) is 5.07. The first-order valence-corrected chi connectivity index (χ1v) is 9.69. The molecule has 0 fully saturated rings. The molecular formula is C20H23BrClNO4. The van der Waals surface area contributed by atoms with Crippen molar-refractivity contribution >= 4 is 33.5 Å². The first-order valence-electron chi connectivity index (χ1n) is 8.52. The van der Waals surface area contributed by atoms with Gasteiger partial charge in [-0.1, -0.05) is 53.5 Å². The number of carbonyl (C=O) groups is 1. The molecule has 0 spiro atoms. The fourth-order valence-electron chi connectivity index (χ4n) is 2.67. The van der Waals surface area contributed by atoms with E-state index in [1.807, 2.05) is 38.1 Å². The highest BCUT2D eigenvalue weighted by Crippen LogP contribution is 2.37. The molecule has 0 aliphatic carbocycles. The molecular weight excluding hydrogens is 434 g/mol. The maximum absolute atomic E-state index is 11.5. The van der Waals surface area contributed by atoms with Crippen molar-refractivity contribution in [3.8, 4) is 11.5 Å². The number of carboxylic acid groups (broad SMARTS) is 1. The molecule has 2 N–H and O–H groups in total. The third kappa shape index (κ3) is 5.86. The van der Waals surface area contributed by atoms with Crippen LogP contribution in [0.1, 0.15) is 25.0 Å². The van der Waals surface area contributed by atoms with E-state index >= 15 is 0 Å². The minimum Gasteiger partial charge on any atom is -0.493 e. The highest BCUT2D eigenvalue weighted by Gasteiger charge is 2.23. The lowest BCUT2D eigenvalue weighted by Gasteiger charge is -2.21. The summed E-state index contributed by atoms with van der Waals surface area (Å²) >= 11 is 9.56. The summed E-state index contributed by atoms with van der Waals surface area (Å²) in [5.74, 6) is 0.203. The van der Waals surface area contributed by atoms with Crippen LogP contribution in [0, 0.1) is 5.92 Å². The van der Waals surface area contributed by atoms with E-state index in [1.165, 1.54) is 0 Å². The lowest BCUT2D eigenvalue weighted by molar-refractivity contribution is -0.140. The highest BCUT2D eigenvalue weighted by atomic mass is 79.9. The minimum absolute atomic E-state index is 0.0530. The second kappa shape index (κ2) is 9.97. The summed E-state index contributed by atoms with van der Waals surface area (Å²) < 4.78 is 12.3. The van der Waals surface area contributed by atoms with Gasteiger partial charge in [-0.25, -0.2) is 0 Å². The standard InChI is InChI=1S/C20H23BrClNO4/c1-12(2)18(20(24)25)23-10-15-16(21)7-8-17(26-3)19(15)27-11-13-5-4-6-14(22)9-13/h4-9,12,18,23H,10-11H2,1-3H3,(H,24,25). The van der Waals surface area contributed by atoms with Crippen molar-refractivity contribution in [1.82, 2.24) is 5.32 Å². The quantitative estimate of drug-likeness (QED) is 0.562. The molecule has 0 saturated carbocycles. The van der Waals surface area contributed by atoms with Crippen LogP contribution in [0.3, 0.4) is 0 Å². The molecule has 5 nitrogen and oxygen atoms in total. The van der Waals surface area contributed by atoms with Crippen molar-refractivity contribution in [2.24, 2.45) is 5.92 Å². The normalized spacial score (nSPS) is 12.1. The molecule has 0 radical (unpaired) electrons. The van der Waals surface area contributed by atoms with Crippen LogP contribution in [0.4, 0.5) is 0 Å². The number of rotatable bonds is 9. The summed E-state index contributed by atoms with van der Waals surface area (Å²) in [4.78, 5) is 11.5. The van der Waals surface area contributed by atoms with Gasteiger partial charge in [0.2, 0.25) is 0 Å². The Labute approximate surface area is 172 Å². The first-order chi connectivity index (χ1) is 12.8. The predicted octanol–water partition coefficient (Wildman–Crippen LogP) is 4.89. The number of hydrogen-bond acceptors (Lipinski definition) is 4. The van der Waals surface area contributed by atoms with E-state index in [0.29, 0.717) is 29.7 Å². The van der Waals surface area contributed by atoms with Crippen molar-refractivity contribution in [1.29, 1.82) is 0 Å². The number of nitrogens with one attached hydrogen (secondary N) is 1. The minimum atomic E-state index is -0.884. The van der Waals surface area contributed by atoms with E-state index in [2.05, 4.69) is 21.2 Å². The van der Waals surface area contributed by atoms with Crippen LogP contribution in [-0.2, 0) is 17.9 Å². The van der Waals surface area contributed by atoms with Crippen molar-refractivity contribution in [3.05, 3.63) is 57.0 Å². The summed E-state index contributed by atoms with van der Waals surface area (Å²) in [5.41, 5.74) is 1.72. The van der Waals surface area contributed by atoms with Crippen molar-refractivity contribution in [2.75, 3.05) is 7.11 Å². The first kappa shape index (κ1) is 21.5. The molecule has 0 aliphatic heterocycles. The Bertz CT molecular complexity index is 798. The van der Waals surface area contributed by atoms with Gasteiger partial charge in [0.1, 0.15) is 12.6 Å². The predicted molar refractivity (Wildman–Crippen MR) is 110 cm³/mol. The summed E-state index contributed by atoms with van der Waals surface area (Å²) in [6, 6.07) is 10.4. The van der Waals surface area contributed by atoms with Gasteiger partial charge in [0.15, 0.2) is 11.5 Å². The van der Waals surface area contributed by atoms with E-state index in [-0.39, 0.29) is 5.92 Å². The maximum atomic E-state index is 11.5. The van der Waals surface area contributed by atoms with Crippen LogP contribution >= 0.6 is 27.5 Å². The number of benzene rings is 2. The molecule has 0 aromatic heterocycles. The topological polar surface area (TPSA) is 67.8 Å². The molecule has 7 heteroatoms. The van der Waals surface area contributed by atoms with Gasteiger partial charge >= 0.3 is 5.97 Å². The van der Waals surface area contributed by atoms with Gasteiger partial charge in [0.25, 0.3) is 0 Å². The fourth-order valence-corrected chi connectivity index (χ4v) is 3.33. The van der Waals surface area contributed by atoms with Crippen LogP contribution < -0.4 is 14.8 Å². The molecule has 0 amide bonds. The Hall–Kier alpha value is -1.76. The van der Waals surface area contributed by atoms with Crippen molar-refractivity contribution in [2.45, 2.75) is 33.0 Å². The number of methoxy groups -OCH3 is 1. The average Bonchev–Trinajstić information content (AvgIpc) is 2.61. The largest absolute Gasteiger partial charge is 0.493 e. The van der Waals surface area contributed by atoms with E-state index in [9.17, 15) is 9.90 Å². The molecule has 0 heterocycles. The maximum Gasteiger partial charge on any atom is 0.320 e. The molecule has 2 aromatic rings. The zero-order valence-electron chi connectivity index (χ0n) is 15.5. The average molecular weight is 457 g/mol. The van der Waals surface area contributed by atoms with Gasteiger partial charge in [0, 0.05) is 21.6 Å². The molecule has 1 atom stereocenters. The Morgan fingerprint density at radius 1 is 1.30 bits per heavy atom. The number of halogens is 2. The van der Waals surface area contributed by atoms with Crippen LogP contribution in [0.2, 0.25) is 5.02 Å². The lowest BCUT2D eigenvalue weighted by Crippen LogP contribution is -2.40. The Morgan fingerprint density at radius 2 is 2.04 bits per heavy atom. The zero-order chi connectivity index (χ0) is 20.0. The number of carboxylic acids is 1. The monoisotopic (exact) mass is 455 g/mol. The summed E-state index contributed by atoms with van der Waals surface area (Å²) in [7, 11) is 1.57. The van der Waals surface area contributed by atoms with Gasteiger partial charge in [-0.3, -0.25) is 10.1 Å². The van der Waals surface area contributed by atoms with Crippen LogP contribution in [0.15, 0.2) is 40.9 Å². The number of ether oxygens (including phenoxy) is 2. The van der Waals surface area contributed by atoms with E-state index in [4.69, 9.17) is 21.1 Å². The number of hydrogen-bond donors (Lipinski definition) is 2. The third-order valence-electron chi connectivity index (χ3n) is 4.09. The summed E-state index contributed by atoms with van der Waals surface area (Å²) in [6.45, 7) is 4.36. The van der Waals surface area contributed by atoms with Crippen LogP contribution in [0.25, 0.3) is 0 Å². The van der Waals surface area contributed by atoms with Gasteiger partial charge in [-0.05, 0) is 35.7 Å². The summed E-state index contributed by atoms with van der Waals surface area (Å²) in [6.07, 6.45) is 0. The lowest BCUT2D eigenvalue weighted by atomic mass is 10.0. The van der Waals surface area contributed by atoms with Crippen LogP contribution in [-0.4, -0.2) is 24.2 Å². The van der Waals surface area contributed by atoms with Gasteiger partial charge in [0.05, 0.1) is 7.11 Å². The molecule has 27 heavy (non-hydrogen) atoms. The SMILES string of the molecule is COc1ccc(Br)c(CNC(C(=O)O)C(C)C)c1OCc1cccc(Cl)c1. The summed E-state index contributed by atoms with van der Waals surface area (Å²) in [5, 5.41) is 13.1. The highest BCUT2D eigenvalue weighted by molar-refractivity contribution is 9.10.